The fraction of sp³-hybridized carbons (Fsp3) is 0.0625. The van der Waals surface area contributed by atoms with E-state index in [0.717, 1.165) is 16.6 Å². The lowest BCUT2D eigenvalue weighted by atomic mass is 10.1. The number of sulfonamides is 1. The number of thiazole rings is 1. The second-order valence-electron chi connectivity index (χ2n) is 5.34. The SMILES string of the molecule is NS(=O)(=O)c1ccc(NC(c2ccccc2)c2nccs2)c([N+](=O)[O-])c1. The van der Waals surface area contributed by atoms with Crippen LogP contribution in [0.4, 0.5) is 11.4 Å². The number of aromatic nitrogens is 1. The Bertz CT molecular complexity index is 1020. The summed E-state index contributed by atoms with van der Waals surface area (Å²) < 4.78 is 23.0. The van der Waals surface area contributed by atoms with Crippen LogP contribution in [0.3, 0.4) is 0 Å². The number of nitrogens with one attached hydrogen (secondary N) is 1. The minimum Gasteiger partial charge on any atom is -0.366 e. The number of rotatable bonds is 6. The molecule has 3 rings (SSSR count). The zero-order valence-corrected chi connectivity index (χ0v) is 14.9. The Kier molecular flexibility index (Phi) is 4.98. The van der Waals surface area contributed by atoms with E-state index in [9.17, 15) is 18.5 Å². The van der Waals surface area contributed by atoms with Crippen molar-refractivity contribution in [3.63, 3.8) is 0 Å². The van der Waals surface area contributed by atoms with Crippen LogP contribution in [-0.2, 0) is 10.0 Å². The summed E-state index contributed by atoms with van der Waals surface area (Å²) in [5, 5.41) is 22.1. The van der Waals surface area contributed by atoms with E-state index in [-0.39, 0.29) is 16.3 Å². The highest BCUT2D eigenvalue weighted by Gasteiger charge is 2.23. The molecule has 1 heterocycles. The molecule has 3 aromatic rings. The lowest BCUT2D eigenvalue weighted by Gasteiger charge is -2.18. The Labute approximate surface area is 153 Å². The highest BCUT2D eigenvalue weighted by molar-refractivity contribution is 7.89. The molecule has 0 amide bonds. The number of nitrogens with zero attached hydrogens (tertiary/aromatic N) is 2. The molecule has 26 heavy (non-hydrogen) atoms. The summed E-state index contributed by atoms with van der Waals surface area (Å²) in [6.07, 6.45) is 1.65. The van der Waals surface area contributed by atoms with Crippen LogP contribution in [0.25, 0.3) is 0 Å². The molecule has 1 aromatic heterocycles. The van der Waals surface area contributed by atoms with Crippen LogP contribution >= 0.6 is 11.3 Å². The maximum absolute atomic E-state index is 11.5. The Morgan fingerprint density at radius 2 is 1.92 bits per heavy atom. The molecule has 134 valence electrons. The number of nitro benzene ring substituents is 1. The molecule has 0 bridgehead atoms. The van der Waals surface area contributed by atoms with Crippen molar-refractivity contribution in [1.29, 1.82) is 0 Å². The monoisotopic (exact) mass is 390 g/mol. The van der Waals surface area contributed by atoms with Crippen molar-refractivity contribution >= 4 is 32.7 Å². The van der Waals surface area contributed by atoms with Gasteiger partial charge in [0.1, 0.15) is 16.7 Å². The van der Waals surface area contributed by atoms with Crippen LogP contribution in [0.15, 0.2) is 65.0 Å². The molecule has 0 saturated heterocycles. The molecule has 1 unspecified atom stereocenters. The van der Waals surface area contributed by atoms with Gasteiger partial charge in [-0.2, -0.15) is 0 Å². The number of hydrogen-bond donors (Lipinski definition) is 2. The molecule has 2 aromatic carbocycles. The Hall–Kier alpha value is -2.82. The minimum atomic E-state index is -4.04. The van der Waals surface area contributed by atoms with Gasteiger partial charge < -0.3 is 5.32 Å². The van der Waals surface area contributed by atoms with E-state index in [1.807, 2.05) is 35.7 Å². The zero-order valence-electron chi connectivity index (χ0n) is 13.3. The topological polar surface area (TPSA) is 128 Å². The maximum Gasteiger partial charge on any atom is 0.293 e. The van der Waals surface area contributed by atoms with Crippen LogP contribution in [-0.4, -0.2) is 18.3 Å². The summed E-state index contributed by atoms with van der Waals surface area (Å²) in [7, 11) is -4.04. The molecule has 0 aliphatic heterocycles. The quantitative estimate of drug-likeness (QED) is 0.492. The molecular weight excluding hydrogens is 376 g/mol. The van der Waals surface area contributed by atoms with Crippen molar-refractivity contribution in [2.24, 2.45) is 5.14 Å². The van der Waals surface area contributed by atoms with E-state index < -0.39 is 21.0 Å². The van der Waals surface area contributed by atoms with Crippen molar-refractivity contribution in [3.05, 3.63) is 80.8 Å². The van der Waals surface area contributed by atoms with E-state index in [2.05, 4.69) is 10.3 Å². The van der Waals surface area contributed by atoms with Gasteiger partial charge in [0, 0.05) is 17.6 Å². The van der Waals surface area contributed by atoms with Gasteiger partial charge in [-0.25, -0.2) is 18.5 Å². The highest BCUT2D eigenvalue weighted by atomic mass is 32.2. The standard InChI is InChI=1S/C16H14N4O4S2/c17-26(23,24)12-6-7-13(14(10-12)20(21)22)19-15(16-18-8-9-25-16)11-4-2-1-3-5-11/h1-10,15,19H,(H2,17,23,24). The van der Waals surface area contributed by atoms with E-state index in [4.69, 9.17) is 5.14 Å². The average Bonchev–Trinajstić information content (AvgIpc) is 3.13. The van der Waals surface area contributed by atoms with Gasteiger partial charge in [-0.3, -0.25) is 10.1 Å². The maximum atomic E-state index is 11.5. The first kappa shape index (κ1) is 18.0. The van der Waals surface area contributed by atoms with Gasteiger partial charge in [-0.1, -0.05) is 30.3 Å². The van der Waals surface area contributed by atoms with Crippen molar-refractivity contribution in [2.45, 2.75) is 10.9 Å². The fourth-order valence-corrected chi connectivity index (χ4v) is 3.67. The molecule has 8 nitrogen and oxygen atoms in total. The van der Waals surface area contributed by atoms with Crippen LogP contribution in [0.5, 0.6) is 0 Å². The van der Waals surface area contributed by atoms with Gasteiger partial charge >= 0.3 is 0 Å². The van der Waals surface area contributed by atoms with E-state index in [0.29, 0.717) is 0 Å². The highest BCUT2D eigenvalue weighted by Crippen LogP contribution is 2.33. The van der Waals surface area contributed by atoms with Crippen molar-refractivity contribution in [1.82, 2.24) is 4.98 Å². The molecule has 0 fully saturated rings. The summed E-state index contributed by atoms with van der Waals surface area (Å²) in [4.78, 5) is 14.7. The van der Waals surface area contributed by atoms with Crippen molar-refractivity contribution < 1.29 is 13.3 Å². The van der Waals surface area contributed by atoms with Crippen LogP contribution in [0.1, 0.15) is 16.6 Å². The van der Waals surface area contributed by atoms with E-state index in [1.165, 1.54) is 23.5 Å². The van der Waals surface area contributed by atoms with Gasteiger partial charge in [0.05, 0.1) is 9.82 Å². The lowest BCUT2D eigenvalue weighted by molar-refractivity contribution is -0.384. The van der Waals surface area contributed by atoms with Crippen LogP contribution in [0, 0.1) is 10.1 Å². The minimum absolute atomic E-state index is 0.173. The van der Waals surface area contributed by atoms with Crippen molar-refractivity contribution in [2.75, 3.05) is 5.32 Å². The zero-order chi connectivity index (χ0) is 18.7. The first-order chi connectivity index (χ1) is 12.4. The van der Waals surface area contributed by atoms with E-state index >= 15 is 0 Å². The second kappa shape index (κ2) is 7.20. The molecule has 0 saturated carbocycles. The summed E-state index contributed by atoms with van der Waals surface area (Å²) in [5.41, 5.74) is 0.660. The predicted octanol–water partition coefficient (Wildman–Crippen LogP) is 2.90. The third kappa shape index (κ3) is 3.87. The molecule has 1 atom stereocenters. The first-order valence-electron chi connectivity index (χ1n) is 7.38. The molecule has 0 aliphatic carbocycles. The molecule has 0 radical (unpaired) electrons. The number of nitrogens with two attached hydrogens (primary N) is 1. The molecule has 3 N–H and O–H groups in total. The van der Waals surface area contributed by atoms with Gasteiger partial charge in [-0.05, 0) is 17.7 Å². The van der Waals surface area contributed by atoms with E-state index in [1.54, 1.807) is 6.20 Å². The lowest BCUT2D eigenvalue weighted by Crippen LogP contribution is -2.15. The molecule has 0 aliphatic rings. The third-order valence-electron chi connectivity index (χ3n) is 3.63. The predicted molar refractivity (Wildman–Crippen MR) is 98.5 cm³/mol. The fourth-order valence-electron chi connectivity index (χ4n) is 2.43. The average molecular weight is 390 g/mol. The smallest absolute Gasteiger partial charge is 0.293 e. The number of nitro groups is 1. The number of hydrogen-bond acceptors (Lipinski definition) is 7. The summed E-state index contributed by atoms with van der Waals surface area (Å²) in [6.45, 7) is 0. The van der Waals surface area contributed by atoms with Crippen molar-refractivity contribution in [3.8, 4) is 0 Å². The Morgan fingerprint density at radius 3 is 2.50 bits per heavy atom. The molecule has 10 heteroatoms. The van der Waals surface area contributed by atoms with Crippen LogP contribution in [0.2, 0.25) is 0 Å². The Morgan fingerprint density at radius 1 is 1.19 bits per heavy atom. The first-order valence-corrected chi connectivity index (χ1v) is 9.81. The third-order valence-corrected chi connectivity index (χ3v) is 5.38. The molecular formula is C16H14N4O4S2. The van der Waals surface area contributed by atoms with Gasteiger partial charge in [0.25, 0.3) is 5.69 Å². The second-order valence-corrected chi connectivity index (χ2v) is 7.83. The largest absolute Gasteiger partial charge is 0.366 e. The summed E-state index contributed by atoms with van der Waals surface area (Å²) in [5.74, 6) is 0. The van der Waals surface area contributed by atoms with Gasteiger partial charge in [0.2, 0.25) is 10.0 Å². The number of primary sulfonamides is 1. The van der Waals surface area contributed by atoms with Gasteiger partial charge in [-0.15, -0.1) is 11.3 Å². The number of benzene rings is 2. The molecule has 0 spiro atoms. The summed E-state index contributed by atoms with van der Waals surface area (Å²) in [6, 6.07) is 12.4. The van der Waals surface area contributed by atoms with Gasteiger partial charge in [0.15, 0.2) is 0 Å². The number of anilines is 1. The normalized spacial score (nSPS) is 12.5. The van der Waals surface area contributed by atoms with Crippen LogP contribution < -0.4 is 10.5 Å². The Balaban J connectivity index is 2.06. The summed E-state index contributed by atoms with van der Waals surface area (Å²) >= 11 is 1.41.